The maximum Gasteiger partial charge on any atom is 0.254 e. The van der Waals surface area contributed by atoms with E-state index < -0.39 is 0 Å². The number of nitrogens with one attached hydrogen (secondary N) is 2. The highest BCUT2D eigenvalue weighted by Gasteiger charge is 2.24. The van der Waals surface area contributed by atoms with Crippen molar-refractivity contribution in [3.8, 4) is 0 Å². The number of rotatable bonds is 6. The van der Waals surface area contributed by atoms with Crippen LogP contribution in [0.1, 0.15) is 42.6 Å². The molecule has 3 rings (SSSR count). The normalized spacial score (nSPS) is 13.7. The fraction of sp³-hybridized carbons (Fsp3) is 0.400. The number of benzene rings is 2. The molecule has 0 saturated carbocycles. The third-order valence-corrected chi connectivity index (χ3v) is 6.20. The molecule has 2 aromatic carbocycles. The predicted octanol–water partition coefficient (Wildman–Crippen LogP) is 4.86. The Balaban J connectivity index is 1.54. The third kappa shape index (κ3) is 6.92. The van der Waals surface area contributed by atoms with Gasteiger partial charge in [-0.3, -0.25) is 9.59 Å². The lowest BCUT2D eigenvalue weighted by Crippen LogP contribution is -2.49. The van der Waals surface area contributed by atoms with Gasteiger partial charge in [-0.1, -0.05) is 43.6 Å². The lowest BCUT2D eigenvalue weighted by atomic mass is 10.1. The Morgan fingerprint density at radius 2 is 1.79 bits per heavy atom. The van der Waals surface area contributed by atoms with Gasteiger partial charge in [0.25, 0.3) is 5.91 Å². The van der Waals surface area contributed by atoms with Crippen LogP contribution < -0.4 is 15.5 Å². The van der Waals surface area contributed by atoms with Gasteiger partial charge in [-0.25, -0.2) is 0 Å². The van der Waals surface area contributed by atoms with Gasteiger partial charge in [0.2, 0.25) is 5.91 Å². The Morgan fingerprint density at radius 1 is 1.09 bits per heavy atom. The van der Waals surface area contributed by atoms with Crippen LogP contribution in [0.4, 0.5) is 11.4 Å². The number of carbonyl (C=O) groups is 2. The minimum absolute atomic E-state index is 0.0716. The molecule has 2 N–H and O–H groups in total. The molecule has 0 bridgehead atoms. The second-order valence-electron chi connectivity index (χ2n) is 8.70. The Kier molecular flexibility index (Phi) is 8.69. The van der Waals surface area contributed by atoms with Crippen molar-refractivity contribution in [2.24, 2.45) is 5.92 Å². The van der Waals surface area contributed by atoms with Crippen LogP contribution in [0.3, 0.4) is 0 Å². The standard InChI is InChI=1S/C25H31ClN4O2S/c1-17(2)8-11-23(31)28-25(33)27-19-9-10-22(21(26)16-19)29-12-14-30(15-13-29)24(32)20-7-5-4-6-18(20)3/h4-7,9-10,16-17H,8,11-15H2,1-3H3,(H2,27,28,31,33). The van der Waals surface area contributed by atoms with Crippen LogP contribution in [0, 0.1) is 12.8 Å². The highest BCUT2D eigenvalue weighted by atomic mass is 35.5. The molecule has 0 spiro atoms. The van der Waals surface area contributed by atoms with Gasteiger partial charge >= 0.3 is 0 Å². The highest BCUT2D eigenvalue weighted by Crippen LogP contribution is 2.30. The van der Waals surface area contributed by atoms with Crippen LogP contribution in [0.15, 0.2) is 42.5 Å². The fourth-order valence-electron chi connectivity index (χ4n) is 3.75. The van der Waals surface area contributed by atoms with Crippen LogP contribution in [0.25, 0.3) is 0 Å². The molecule has 0 atom stereocenters. The summed E-state index contributed by atoms with van der Waals surface area (Å²) in [5.41, 5.74) is 3.38. The van der Waals surface area contributed by atoms with Gasteiger partial charge in [-0.05, 0) is 61.3 Å². The number of thiocarbonyl (C=S) groups is 1. The topological polar surface area (TPSA) is 64.7 Å². The largest absolute Gasteiger partial charge is 0.367 e. The Labute approximate surface area is 206 Å². The zero-order chi connectivity index (χ0) is 24.0. The van der Waals surface area contributed by atoms with E-state index >= 15 is 0 Å². The van der Waals surface area contributed by atoms with Crippen LogP contribution in [-0.4, -0.2) is 48.0 Å². The predicted molar refractivity (Wildman–Crippen MR) is 139 cm³/mol. The van der Waals surface area contributed by atoms with Gasteiger partial charge in [0, 0.05) is 43.9 Å². The molecule has 2 amide bonds. The summed E-state index contributed by atoms with van der Waals surface area (Å²) in [7, 11) is 0. The Morgan fingerprint density at radius 3 is 2.42 bits per heavy atom. The third-order valence-electron chi connectivity index (χ3n) is 5.69. The summed E-state index contributed by atoms with van der Waals surface area (Å²) in [6.07, 6.45) is 1.26. The number of aryl methyl sites for hydroxylation is 1. The van der Waals surface area contributed by atoms with E-state index in [0.29, 0.717) is 49.2 Å². The zero-order valence-corrected chi connectivity index (χ0v) is 20.9. The van der Waals surface area contributed by atoms with E-state index in [-0.39, 0.29) is 16.9 Å². The summed E-state index contributed by atoms with van der Waals surface area (Å²) >= 11 is 11.8. The molecule has 2 aromatic rings. The molecule has 6 nitrogen and oxygen atoms in total. The number of piperazine rings is 1. The van der Waals surface area contributed by atoms with Gasteiger partial charge in [0.1, 0.15) is 0 Å². The number of halogens is 1. The molecule has 176 valence electrons. The molecule has 1 saturated heterocycles. The maximum atomic E-state index is 12.9. The van der Waals surface area contributed by atoms with E-state index in [1.807, 2.05) is 48.2 Å². The first-order chi connectivity index (χ1) is 15.7. The molecule has 1 fully saturated rings. The number of anilines is 2. The van der Waals surface area contributed by atoms with Gasteiger partial charge in [-0.2, -0.15) is 0 Å². The van der Waals surface area contributed by atoms with Crippen LogP contribution in [-0.2, 0) is 4.79 Å². The van der Waals surface area contributed by atoms with E-state index in [4.69, 9.17) is 23.8 Å². The Bertz CT molecular complexity index is 1020. The van der Waals surface area contributed by atoms with Crippen molar-refractivity contribution in [2.75, 3.05) is 36.4 Å². The molecule has 8 heteroatoms. The second kappa shape index (κ2) is 11.5. The molecule has 1 aliphatic heterocycles. The first-order valence-electron chi connectivity index (χ1n) is 11.2. The lowest BCUT2D eigenvalue weighted by molar-refractivity contribution is -0.119. The molecule has 1 heterocycles. The number of amides is 2. The maximum absolute atomic E-state index is 12.9. The smallest absolute Gasteiger partial charge is 0.254 e. The van der Waals surface area contributed by atoms with Gasteiger partial charge in [0.05, 0.1) is 10.7 Å². The van der Waals surface area contributed by atoms with Crippen molar-refractivity contribution in [3.63, 3.8) is 0 Å². The summed E-state index contributed by atoms with van der Waals surface area (Å²) in [6.45, 7) is 8.79. The number of nitrogens with zero attached hydrogens (tertiary/aromatic N) is 2. The average Bonchev–Trinajstić information content (AvgIpc) is 2.78. The Hall–Kier alpha value is -2.64. The summed E-state index contributed by atoms with van der Waals surface area (Å²) in [5.74, 6) is 0.440. The van der Waals surface area contributed by atoms with E-state index in [1.165, 1.54) is 0 Å². The highest BCUT2D eigenvalue weighted by molar-refractivity contribution is 7.80. The van der Waals surface area contributed by atoms with E-state index in [0.717, 1.165) is 23.2 Å². The number of carbonyl (C=O) groups excluding carboxylic acids is 2. The molecule has 0 aromatic heterocycles. The summed E-state index contributed by atoms with van der Waals surface area (Å²) < 4.78 is 0. The second-order valence-corrected chi connectivity index (χ2v) is 9.51. The lowest BCUT2D eigenvalue weighted by Gasteiger charge is -2.36. The minimum Gasteiger partial charge on any atom is -0.367 e. The average molecular weight is 487 g/mol. The van der Waals surface area contributed by atoms with Gasteiger partial charge in [0.15, 0.2) is 5.11 Å². The molecule has 0 unspecified atom stereocenters. The summed E-state index contributed by atoms with van der Waals surface area (Å²) in [6, 6.07) is 13.3. The molecule has 1 aliphatic rings. The van der Waals surface area contributed by atoms with Crippen molar-refractivity contribution in [3.05, 3.63) is 58.6 Å². The summed E-state index contributed by atoms with van der Waals surface area (Å²) in [4.78, 5) is 28.9. The summed E-state index contributed by atoms with van der Waals surface area (Å²) in [5, 5.41) is 6.58. The van der Waals surface area contributed by atoms with Gasteiger partial charge < -0.3 is 20.4 Å². The molecular formula is C25H31ClN4O2S. The van der Waals surface area contributed by atoms with Crippen LogP contribution in [0.5, 0.6) is 0 Å². The monoisotopic (exact) mass is 486 g/mol. The van der Waals surface area contributed by atoms with Crippen molar-refractivity contribution < 1.29 is 9.59 Å². The number of hydrogen-bond acceptors (Lipinski definition) is 4. The van der Waals surface area contributed by atoms with E-state index in [1.54, 1.807) is 6.07 Å². The minimum atomic E-state index is -0.0953. The van der Waals surface area contributed by atoms with Crippen molar-refractivity contribution in [2.45, 2.75) is 33.6 Å². The molecule has 33 heavy (non-hydrogen) atoms. The van der Waals surface area contributed by atoms with Crippen LogP contribution >= 0.6 is 23.8 Å². The fourth-order valence-corrected chi connectivity index (χ4v) is 4.28. The van der Waals surface area contributed by atoms with E-state index in [2.05, 4.69) is 29.4 Å². The quantitative estimate of drug-likeness (QED) is 0.571. The number of hydrogen-bond donors (Lipinski definition) is 2. The van der Waals surface area contributed by atoms with Crippen molar-refractivity contribution in [1.29, 1.82) is 0 Å². The first-order valence-corrected chi connectivity index (χ1v) is 12.0. The van der Waals surface area contributed by atoms with Crippen molar-refractivity contribution >= 4 is 52.1 Å². The molecule has 0 radical (unpaired) electrons. The SMILES string of the molecule is Cc1ccccc1C(=O)N1CCN(c2ccc(NC(=S)NC(=O)CCC(C)C)cc2Cl)CC1. The zero-order valence-electron chi connectivity index (χ0n) is 19.4. The van der Waals surface area contributed by atoms with E-state index in [9.17, 15) is 9.59 Å². The molecule has 0 aliphatic carbocycles. The van der Waals surface area contributed by atoms with Crippen molar-refractivity contribution in [1.82, 2.24) is 10.2 Å². The van der Waals surface area contributed by atoms with Gasteiger partial charge in [-0.15, -0.1) is 0 Å². The van der Waals surface area contributed by atoms with Crippen LogP contribution in [0.2, 0.25) is 5.02 Å². The molecular weight excluding hydrogens is 456 g/mol. The first kappa shape index (κ1) is 25.0.